The maximum absolute atomic E-state index is 8.93. The van der Waals surface area contributed by atoms with Gasteiger partial charge in [0.05, 0.1) is 6.10 Å². The fourth-order valence-corrected chi connectivity index (χ4v) is 0.815. The Labute approximate surface area is 67.0 Å². The lowest BCUT2D eigenvalue weighted by atomic mass is 10.2. The van der Waals surface area contributed by atoms with Crippen LogP contribution in [-0.2, 0) is 0 Å². The van der Waals surface area contributed by atoms with Crippen molar-refractivity contribution in [2.24, 2.45) is 0 Å². The molecule has 1 atom stereocenters. The van der Waals surface area contributed by atoms with Crippen molar-refractivity contribution in [3.63, 3.8) is 0 Å². The van der Waals surface area contributed by atoms with E-state index in [0.29, 0.717) is 0 Å². The molecule has 0 aliphatic rings. The van der Waals surface area contributed by atoms with Crippen LogP contribution in [0, 0.1) is 0 Å². The van der Waals surface area contributed by atoms with E-state index < -0.39 is 0 Å². The molecule has 0 bridgehead atoms. The summed E-state index contributed by atoms with van der Waals surface area (Å²) in [4.78, 5) is 0. The minimum Gasteiger partial charge on any atom is -0.389 e. The summed E-state index contributed by atoms with van der Waals surface area (Å²) in [7, 11) is 0. The molecule has 0 fully saturated rings. The first-order chi connectivity index (χ1) is 5.29. The minimum atomic E-state index is -0.366. The SMILES string of the molecule is C[C@H](O)/C=C\c1ccccc1. The molecular weight excluding hydrogens is 136 g/mol. The molecule has 58 valence electrons. The van der Waals surface area contributed by atoms with E-state index in [4.69, 9.17) is 5.11 Å². The predicted molar refractivity (Wildman–Crippen MR) is 47.2 cm³/mol. The fraction of sp³-hybridized carbons (Fsp3) is 0.200. The number of aliphatic hydroxyl groups excluding tert-OH is 1. The smallest absolute Gasteiger partial charge is 0.0696 e. The summed E-state index contributed by atoms with van der Waals surface area (Å²) in [5.41, 5.74) is 1.12. The van der Waals surface area contributed by atoms with Crippen LogP contribution in [-0.4, -0.2) is 11.2 Å². The van der Waals surface area contributed by atoms with Crippen molar-refractivity contribution in [2.45, 2.75) is 13.0 Å². The van der Waals surface area contributed by atoms with Gasteiger partial charge in [-0.05, 0) is 12.5 Å². The summed E-state index contributed by atoms with van der Waals surface area (Å²) in [5, 5.41) is 8.93. The van der Waals surface area contributed by atoms with Gasteiger partial charge in [0, 0.05) is 0 Å². The lowest BCUT2D eigenvalue weighted by Gasteiger charge is -1.93. The molecule has 1 aromatic rings. The van der Waals surface area contributed by atoms with Crippen LogP contribution in [0.15, 0.2) is 36.4 Å². The zero-order chi connectivity index (χ0) is 8.10. The van der Waals surface area contributed by atoms with Crippen molar-refractivity contribution in [3.8, 4) is 0 Å². The van der Waals surface area contributed by atoms with Gasteiger partial charge in [-0.2, -0.15) is 0 Å². The molecule has 11 heavy (non-hydrogen) atoms. The van der Waals surface area contributed by atoms with Gasteiger partial charge in [-0.15, -0.1) is 0 Å². The first-order valence-corrected chi connectivity index (χ1v) is 3.70. The third-order valence-electron chi connectivity index (χ3n) is 1.37. The van der Waals surface area contributed by atoms with Crippen LogP contribution in [0.2, 0.25) is 0 Å². The molecule has 1 heteroatoms. The minimum absolute atomic E-state index is 0.366. The van der Waals surface area contributed by atoms with Crippen LogP contribution in [0.25, 0.3) is 6.08 Å². The summed E-state index contributed by atoms with van der Waals surface area (Å²) in [5.74, 6) is 0. The number of hydrogen-bond donors (Lipinski definition) is 1. The first kappa shape index (κ1) is 8.02. The Morgan fingerprint density at radius 2 is 1.91 bits per heavy atom. The standard InChI is InChI=1S/C10H12O/c1-9(11)7-8-10-5-3-2-4-6-10/h2-9,11H,1H3/b8-7-/t9-/m0/s1. The van der Waals surface area contributed by atoms with Crippen LogP contribution in [0.5, 0.6) is 0 Å². The average molecular weight is 148 g/mol. The Kier molecular flexibility index (Phi) is 2.87. The van der Waals surface area contributed by atoms with Crippen molar-refractivity contribution in [1.82, 2.24) is 0 Å². The lowest BCUT2D eigenvalue weighted by Crippen LogP contribution is -1.90. The van der Waals surface area contributed by atoms with E-state index in [-0.39, 0.29) is 6.10 Å². The highest BCUT2D eigenvalue weighted by molar-refractivity contribution is 5.48. The highest BCUT2D eigenvalue weighted by atomic mass is 16.3. The molecule has 1 nitrogen and oxygen atoms in total. The van der Waals surface area contributed by atoms with Crippen molar-refractivity contribution in [3.05, 3.63) is 42.0 Å². The average Bonchev–Trinajstić information content (AvgIpc) is 2.03. The quantitative estimate of drug-likeness (QED) is 0.680. The molecule has 0 aromatic heterocycles. The molecule has 0 aliphatic heterocycles. The second-order valence-corrected chi connectivity index (χ2v) is 2.51. The second kappa shape index (κ2) is 3.94. The first-order valence-electron chi connectivity index (χ1n) is 3.70. The fourth-order valence-electron chi connectivity index (χ4n) is 0.815. The van der Waals surface area contributed by atoms with E-state index in [9.17, 15) is 0 Å². The molecule has 0 heterocycles. The van der Waals surface area contributed by atoms with Crippen molar-refractivity contribution >= 4 is 6.08 Å². The molecule has 1 aromatic carbocycles. The number of hydrogen-bond acceptors (Lipinski definition) is 1. The monoisotopic (exact) mass is 148 g/mol. The Balaban J connectivity index is 2.65. The highest BCUT2D eigenvalue weighted by Gasteiger charge is 1.85. The van der Waals surface area contributed by atoms with E-state index in [2.05, 4.69) is 0 Å². The molecule has 0 unspecified atom stereocenters. The van der Waals surface area contributed by atoms with Gasteiger partial charge in [-0.3, -0.25) is 0 Å². The lowest BCUT2D eigenvalue weighted by molar-refractivity contribution is 0.245. The number of aliphatic hydroxyl groups is 1. The molecule has 0 saturated carbocycles. The molecule has 0 saturated heterocycles. The van der Waals surface area contributed by atoms with Crippen LogP contribution in [0.4, 0.5) is 0 Å². The normalized spacial score (nSPS) is 13.6. The molecule has 0 radical (unpaired) electrons. The van der Waals surface area contributed by atoms with Crippen molar-refractivity contribution in [2.75, 3.05) is 0 Å². The van der Waals surface area contributed by atoms with E-state index in [1.807, 2.05) is 36.4 Å². The van der Waals surface area contributed by atoms with E-state index in [1.54, 1.807) is 13.0 Å². The zero-order valence-electron chi connectivity index (χ0n) is 6.57. The largest absolute Gasteiger partial charge is 0.389 e. The van der Waals surface area contributed by atoms with Crippen LogP contribution in [0.3, 0.4) is 0 Å². The predicted octanol–water partition coefficient (Wildman–Crippen LogP) is 2.08. The third-order valence-corrected chi connectivity index (χ3v) is 1.37. The molecule has 0 aliphatic carbocycles. The molecule has 1 rings (SSSR count). The summed E-state index contributed by atoms with van der Waals surface area (Å²) >= 11 is 0. The van der Waals surface area contributed by atoms with E-state index in [1.165, 1.54) is 0 Å². The Morgan fingerprint density at radius 3 is 2.45 bits per heavy atom. The van der Waals surface area contributed by atoms with E-state index >= 15 is 0 Å². The van der Waals surface area contributed by atoms with Gasteiger partial charge in [-0.1, -0.05) is 42.5 Å². The topological polar surface area (TPSA) is 20.2 Å². The Morgan fingerprint density at radius 1 is 1.27 bits per heavy atom. The molecule has 0 spiro atoms. The summed E-state index contributed by atoms with van der Waals surface area (Å²) in [6, 6.07) is 9.92. The van der Waals surface area contributed by atoms with Gasteiger partial charge in [0.15, 0.2) is 0 Å². The van der Waals surface area contributed by atoms with Gasteiger partial charge in [-0.25, -0.2) is 0 Å². The van der Waals surface area contributed by atoms with Gasteiger partial charge < -0.3 is 5.11 Å². The van der Waals surface area contributed by atoms with Crippen molar-refractivity contribution < 1.29 is 5.11 Å². The summed E-state index contributed by atoms with van der Waals surface area (Å²) < 4.78 is 0. The molecule has 1 N–H and O–H groups in total. The summed E-state index contributed by atoms with van der Waals surface area (Å²) in [6.45, 7) is 1.74. The van der Waals surface area contributed by atoms with Crippen LogP contribution in [0.1, 0.15) is 12.5 Å². The Hall–Kier alpha value is -1.08. The van der Waals surface area contributed by atoms with Gasteiger partial charge in [0.1, 0.15) is 0 Å². The molecular formula is C10H12O. The van der Waals surface area contributed by atoms with Crippen LogP contribution >= 0.6 is 0 Å². The maximum Gasteiger partial charge on any atom is 0.0696 e. The highest BCUT2D eigenvalue weighted by Crippen LogP contribution is 2.01. The van der Waals surface area contributed by atoms with E-state index in [0.717, 1.165) is 5.56 Å². The number of benzene rings is 1. The molecule has 0 amide bonds. The van der Waals surface area contributed by atoms with Gasteiger partial charge >= 0.3 is 0 Å². The second-order valence-electron chi connectivity index (χ2n) is 2.51. The Bertz CT molecular complexity index is 224. The van der Waals surface area contributed by atoms with Crippen LogP contribution < -0.4 is 0 Å². The van der Waals surface area contributed by atoms with Crippen molar-refractivity contribution in [1.29, 1.82) is 0 Å². The maximum atomic E-state index is 8.93. The third kappa shape index (κ3) is 3.01. The number of rotatable bonds is 2. The summed E-state index contributed by atoms with van der Waals surface area (Å²) in [6.07, 6.45) is 3.30. The van der Waals surface area contributed by atoms with Gasteiger partial charge in [0.2, 0.25) is 0 Å². The zero-order valence-corrected chi connectivity index (χ0v) is 6.57. The van der Waals surface area contributed by atoms with Gasteiger partial charge in [0.25, 0.3) is 0 Å².